The molecule has 2 aliphatic rings. The third kappa shape index (κ3) is 4.45. The van der Waals surface area contributed by atoms with Crippen LogP contribution in [-0.4, -0.2) is 84.5 Å². The topological polar surface area (TPSA) is 90.8 Å². The van der Waals surface area contributed by atoms with Gasteiger partial charge in [-0.15, -0.1) is 0 Å². The third-order valence-electron chi connectivity index (χ3n) is 6.18. The number of ether oxygens (including phenoxy) is 1. The predicted octanol–water partition coefficient (Wildman–Crippen LogP) is 0.895. The van der Waals surface area contributed by atoms with Crippen molar-refractivity contribution in [2.24, 2.45) is 0 Å². The Bertz CT molecular complexity index is 698. The van der Waals surface area contributed by atoms with E-state index in [1.54, 1.807) is 0 Å². The molecule has 2 saturated heterocycles. The number of carbonyl (C=O) groups is 1. The quantitative estimate of drug-likeness (QED) is 0.744. The van der Waals surface area contributed by atoms with Gasteiger partial charge in [-0.25, -0.2) is 9.97 Å². The Labute approximate surface area is 167 Å². The summed E-state index contributed by atoms with van der Waals surface area (Å²) in [4.78, 5) is 26.6. The molecule has 2 N–H and O–H groups in total. The van der Waals surface area contributed by atoms with Crippen molar-refractivity contribution in [2.45, 2.75) is 51.1 Å². The van der Waals surface area contributed by atoms with Crippen molar-refractivity contribution in [3.05, 3.63) is 17.1 Å². The Hall–Kier alpha value is -1.77. The summed E-state index contributed by atoms with van der Waals surface area (Å²) < 4.78 is 5.43. The molecule has 1 amide bonds. The molecule has 0 aliphatic carbocycles. The lowest BCUT2D eigenvalue weighted by atomic mass is 9.86. The van der Waals surface area contributed by atoms with Crippen LogP contribution in [0.2, 0.25) is 0 Å². The number of nitrogens with zero attached hydrogens (tertiary/aromatic N) is 4. The zero-order chi connectivity index (χ0) is 20.3. The van der Waals surface area contributed by atoms with E-state index >= 15 is 0 Å². The van der Waals surface area contributed by atoms with Crippen LogP contribution in [0.25, 0.3) is 0 Å². The fraction of sp³-hybridized carbons (Fsp3) is 0.750. The molecular weight excluding hydrogens is 358 g/mol. The number of nitrogens with one attached hydrogen (secondary N) is 1. The summed E-state index contributed by atoms with van der Waals surface area (Å²) in [6.45, 7) is 6.96. The number of hydrogen-bond acceptors (Lipinski definition) is 7. The molecular formula is C20H33N5O3. The molecule has 0 spiro atoms. The van der Waals surface area contributed by atoms with Gasteiger partial charge in [-0.1, -0.05) is 0 Å². The second-order valence-corrected chi connectivity index (χ2v) is 8.25. The molecule has 8 nitrogen and oxygen atoms in total. The van der Waals surface area contributed by atoms with Crippen LogP contribution in [0, 0.1) is 13.8 Å². The Kier molecular flexibility index (Phi) is 6.52. The van der Waals surface area contributed by atoms with Crippen LogP contribution >= 0.6 is 0 Å². The minimum absolute atomic E-state index is 0.0268. The lowest BCUT2D eigenvalue weighted by molar-refractivity contribution is 0.0264. The van der Waals surface area contributed by atoms with Crippen molar-refractivity contribution in [1.82, 2.24) is 20.2 Å². The summed E-state index contributed by atoms with van der Waals surface area (Å²) in [6.07, 6.45) is 2.97. The number of anilines is 1. The number of aliphatic hydroxyl groups is 1. The predicted molar refractivity (Wildman–Crippen MR) is 108 cm³/mol. The Balaban J connectivity index is 1.82. The zero-order valence-corrected chi connectivity index (χ0v) is 17.5. The minimum Gasteiger partial charge on any atom is -0.396 e. The highest BCUT2D eigenvalue weighted by Crippen LogP contribution is 2.27. The molecule has 0 saturated carbocycles. The molecule has 3 rings (SSSR count). The van der Waals surface area contributed by atoms with Gasteiger partial charge in [0.15, 0.2) is 0 Å². The molecule has 0 radical (unpaired) electrons. The van der Waals surface area contributed by atoms with Crippen LogP contribution in [-0.2, 0) is 4.74 Å². The normalized spacial score (nSPS) is 21.9. The minimum atomic E-state index is -0.448. The SMILES string of the molecule is Cc1nc(C(=O)NC2(CCO)CCOCC2)nc(N2CC[C@@H](N(C)C)C2)c1C. The number of aliphatic hydroxyl groups excluding tert-OH is 1. The molecule has 0 bridgehead atoms. The van der Waals surface area contributed by atoms with Crippen molar-refractivity contribution in [1.29, 1.82) is 0 Å². The van der Waals surface area contributed by atoms with E-state index in [9.17, 15) is 9.90 Å². The molecule has 8 heteroatoms. The summed E-state index contributed by atoms with van der Waals surface area (Å²) in [7, 11) is 4.19. The first-order valence-corrected chi connectivity index (χ1v) is 10.1. The molecule has 1 atom stereocenters. The van der Waals surface area contributed by atoms with E-state index in [0.717, 1.165) is 36.6 Å². The first-order chi connectivity index (χ1) is 13.3. The first kappa shape index (κ1) is 21.0. The Morgan fingerprint density at radius 2 is 2.04 bits per heavy atom. The largest absolute Gasteiger partial charge is 0.396 e. The molecule has 1 aromatic heterocycles. The van der Waals surface area contributed by atoms with E-state index in [1.807, 2.05) is 13.8 Å². The molecule has 28 heavy (non-hydrogen) atoms. The lowest BCUT2D eigenvalue weighted by Crippen LogP contribution is -2.53. The number of rotatable bonds is 6. The smallest absolute Gasteiger partial charge is 0.289 e. The second-order valence-electron chi connectivity index (χ2n) is 8.25. The summed E-state index contributed by atoms with van der Waals surface area (Å²) in [5.74, 6) is 0.781. The standard InChI is InChI=1S/C20H33N5O3/c1-14-15(2)21-17(22-18(14)25-9-5-16(13-25)24(3)4)19(27)23-20(6-10-26)7-11-28-12-8-20/h16,26H,5-13H2,1-4H3,(H,23,27)/t16-/m1/s1. The molecule has 156 valence electrons. The Morgan fingerprint density at radius 3 is 2.64 bits per heavy atom. The van der Waals surface area contributed by atoms with Gasteiger partial charge >= 0.3 is 0 Å². The number of carbonyl (C=O) groups excluding carboxylic acids is 1. The van der Waals surface area contributed by atoms with Gasteiger partial charge in [0.05, 0.1) is 0 Å². The van der Waals surface area contributed by atoms with E-state index in [1.165, 1.54) is 0 Å². The number of hydrogen-bond donors (Lipinski definition) is 2. The Morgan fingerprint density at radius 1 is 1.32 bits per heavy atom. The molecule has 2 fully saturated rings. The van der Waals surface area contributed by atoms with Gasteiger partial charge in [0, 0.05) is 55.7 Å². The van der Waals surface area contributed by atoms with Gasteiger partial charge in [-0.2, -0.15) is 0 Å². The molecule has 2 aliphatic heterocycles. The fourth-order valence-electron chi connectivity index (χ4n) is 4.09. The van der Waals surface area contributed by atoms with Gasteiger partial charge in [0.2, 0.25) is 5.82 Å². The van der Waals surface area contributed by atoms with E-state index in [0.29, 0.717) is 38.5 Å². The fourth-order valence-corrected chi connectivity index (χ4v) is 4.09. The highest BCUT2D eigenvalue weighted by molar-refractivity contribution is 5.91. The lowest BCUT2D eigenvalue weighted by Gasteiger charge is -2.37. The van der Waals surface area contributed by atoms with Crippen LogP contribution in [0.15, 0.2) is 0 Å². The second kappa shape index (κ2) is 8.71. The number of likely N-dealkylation sites (N-methyl/N-ethyl adjacent to an activating group) is 1. The van der Waals surface area contributed by atoms with Gasteiger partial charge in [-0.05, 0) is 53.6 Å². The van der Waals surface area contributed by atoms with E-state index < -0.39 is 5.54 Å². The van der Waals surface area contributed by atoms with Gasteiger partial charge in [-0.3, -0.25) is 4.79 Å². The zero-order valence-electron chi connectivity index (χ0n) is 17.5. The van der Waals surface area contributed by atoms with Gasteiger partial charge in [0.25, 0.3) is 5.91 Å². The van der Waals surface area contributed by atoms with Crippen molar-refractivity contribution in [3.63, 3.8) is 0 Å². The maximum absolute atomic E-state index is 13.0. The van der Waals surface area contributed by atoms with Crippen LogP contribution in [0.5, 0.6) is 0 Å². The van der Waals surface area contributed by atoms with Crippen molar-refractivity contribution in [3.8, 4) is 0 Å². The van der Waals surface area contributed by atoms with Gasteiger partial charge < -0.3 is 25.0 Å². The maximum atomic E-state index is 13.0. The maximum Gasteiger partial charge on any atom is 0.289 e. The molecule has 0 unspecified atom stereocenters. The average Bonchev–Trinajstić information content (AvgIpc) is 3.15. The summed E-state index contributed by atoms with van der Waals surface area (Å²) in [5.41, 5.74) is 1.40. The summed E-state index contributed by atoms with van der Waals surface area (Å²) in [5, 5.41) is 12.6. The molecule has 1 aromatic rings. The van der Waals surface area contributed by atoms with Crippen LogP contribution < -0.4 is 10.2 Å². The van der Waals surface area contributed by atoms with E-state index in [4.69, 9.17) is 4.74 Å². The third-order valence-corrected chi connectivity index (χ3v) is 6.18. The number of aromatic nitrogens is 2. The monoisotopic (exact) mass is 391 g/mol. The molecule has 3 heterocycles. The van der Waals surface area contributed by atoms with E-state index in [-0.39, 0.29) is 18.3 Å². The summed E-state index contributed by atoms with van der Waals surface area (Å²) >= 11 is 0. The van der Waals surface area contributed by atoms with Gasteiger partial charge in [0.1, 0.15) is 5.82 Å². The first-order valence-electron chi connectivity index (χ1n) is 10.1. The van der Waals surface area contributed by atoms with E-state index in [2.05, 4.69) is 39.2 Å². The highest BCUT2D eigenvalue weighted by Gasteiger charge is 2.35. The van der Waals surface area contributed by atoms with Crippen molar-refractivity contribution in [2.75, 3.05) is 51.9 Å². The summed E-state index contributed by atoms with van der Waals surface area (Å²) in [6, 6.07) is 0.488. The average molecular weight is 392 g/mol. The van der Waals surface area contributed by atoms with Crippen molar-refractivity contribution < 1.29 is 14.6 Å². The number of aryl methyl sites for hydroxylation is 1. The van der Waals surface area contributed by atoms with Crippen LogP contribution in [0.4, 0.5) is 5.82 Å². The van der Waals surface area contributed by atoms with Crippen molar-refractivity contribution >= 4 is 11.7 Å². The number of amides is 1. The highest BCUT2D eigenvalue weighted by atomic mass is 16.5. The van der Waals surface area contributed by atoms with Crippen LogP contribution in [0.1, 0.15) is 47.6 Å². The molecule has 0 aromatic carbocycles. The van der Waals surface area contributed by atoms with Crippen LogP contribution in [0.3, 0.4) is 0 Å².